The van der Waals surface area contributed by atoms with Gasteiger partial charge in [-0.05, 0) is 24.5 Å². The summed E-state index contributed by atoms with van der Waals surface area (Å²) in [5.74, 6) is -0.454. The number of aryl methyl sites for hydroxylation is 2. The Morgan fingerprint density at radius 1 is 0.889 bits per heavy atom. The summed E-state index contributed by atoms with van der Waals surface area (Å²) in [6.07, 6.45) is 1.15. The van der Waals surface area contributed by atoms with Crippen molar-refractivity contribution in [1.82, 2.24) is 9.80 Å². The van der Waals surface area contributed by atoms with Gasteiger partial charge in [-0.15, -0.1) is 0 Å². The van der Waals surface area contributed by atoms with Crippen LogP contribution in [0.1, 0.15) is 31.9 Å². The summed E-state index contributed by atoms with van der Waals surface area (Å²) in [5, 5.41) is 0. The second kappa shape index (κ2) is 13.3. The predicted molar refractivity (Wildman–Crippen MR) is 107 cm³/mol. The van der Waals surface area contributed by atoms with E-state index >= 15 is 0 Å². The van der Waals surface area contributed by atoms with Crippen molar-refractivity contribution >= 4 is 11.9 Å². The van der Waals surface area contributed by atoms with E-state index in [4.69, 9.17) is 9.47 Å². The molecular formula is C21H34N2O4. The Morgan fingerprint density at radius 2 is 1.33 bits per heavy atom. The van der Waals surface area contributed by atoms with Crippen LogP contribution in [0.2, 0.25) is 0 Å². The highest BCUT2D eigenvalue weighted by molar-refractivity contribution is 5.66. The lowest BCUT2D eigenvalue weighted by atomic mass is 10.1. The Hall–Kier alpha value is -1.92. The standard InChI is InChI=1S/C12H22N2O4.C9H12/c1-11(15)17-9-7-13-3-5-14(6-4-13)8-10-18-12(2)16;1-3-9-7-5-4-6-8(9)2/h3-10H2,1-2H3;4-7H,3H2,1-2H3. The predicted octanol–water partition coefficient (Wildman–Crippen LogP) is 2.29. The number of hydrogen-bond donors (Lipinski definition) is 0. The van der Waals surface area contributed by atoms with Gasteiger partial charge in [0.05, 0.1) is 0 Å². The van der Waals surface area contributed by atoms with Crippen molar-refractivity contribution in [3.63, 3.8) is 0 Å². The average Bonchev–Trinajstić information content (AvgIpc) is 2.63. The van der Waals surface area contributed by atoms with Crippen molar-refractivity contribution in [2.24, 2.45) is 0 Å². The third-order valence-corrected chi connectivity index (χ3v) is 4.53. The highest BCUT2D eigenvalue weighted by Gasteiger charge is 2.16. The van der Waals surface area contributed by atoms with Gasteiger partial charge in [-0.25, -0.2) is 0 Å². The zero-order valence-corrected chi connectivity index (χ0v) is 17.2. The second-order valence-corrected chi connectivity index (χ2v) is 6.64. The van der Waals surface area contributed by atoms with Gasteiger partial charge in [-0.3, -0.25) is 19.4 Å². The van der Waals surface area contributed by atoms with E-state index in [0.29, 0.717) is 13.2 Å². The van der Waals surface area contributed by atoms with Gasteiger partial charge in [-0.1, -0.05) is 31.2 Å². The largest absolute Gasteiger partial charge is 0.465 e. The normalized spacial score (nSPS) is 14.8. The third-order valence-electron chi connectivity index (χ3n) is 4.53. The van der Waals surface area contributed by atoms with Gasteiger partial charge in [-0.2, -0.15) is 0 Å². The van der Waals surface area contributed by atoms with Crippen LogP contribution in [0.3, 0.4) is 0 Å². The fourth-order valence-corrected chi connectivity index (χ4v) is 2.88. The molecule has 0 amide bonds. The molecule has 6 heteroatoms. The molecule has 0 aromatic heterocycles. The molecule has 27 heavy (non-hydrogen) atoms. The average molecular weight is 379 g/mol. The first-order valence-electron chi connectivity index (χ1n) is 9.68. The molecular weight excluding hydrogens is 344 g/mol. The van der Waals surface area contributed by atoms with Crippen molar-refractivity contribution in [3.8, 4) is 0 Å². The molecule has 0 saturated carbocycles. The molecule has 0 radical (unpaired) electrons. The fraction of sp³-hybridized carbons (Fsp3) is 0.619. The van der Waals surface area contributed by atoms with Gasteiger partial charge in [0.2, 0.25) is 0 Å². The van der Waals surface area contributed by atoms with E-state index in [1.54, 1.807) is 0 Å². The molecule has 1 aromatic rings. The molecule has 0 spiro atoms. The number of benzene rings is 1. The summed E-state index contributed by atoms with van der Waals surface area (Å²) < 4.78 is 9.82. The number of esters is 2. The van der Waals surface area contributed by atoms with Gasteiger partial charge in [0.25, 0.3) is 0 Å². The first-order chi connectivity index (χ1) is 12.9. The Morgan fingerprint density at radius 3 is 1.67 bits per heavy atom. The fourth-order valence-electron chi connectivity index (χ4n) is 2.88. The van der Waals surface area contributed by atoms with Crippen LogP contribution in [-0.2, 0) is 25.5 Å². The molecule has 0 atom stereocenters. The van der Waals surface area contributed by atoms with E-state index < -0.39 is 0 Å². The number of piperazine rings is 1. The maximum atomic E-state index is 10.6. The summed E-state index contributed by atoms with van der Waals surface area (Å²) in [5.41, 5.74) is 2.86. The molecule has 1 aliphatic heterocycles. The van der Waals surface area contributed by atoms with Crippen molar-refractivity contribution in [2.45, 2.75) is 34.1 Å². The number of nitrogens with zero attached hydrogens (tertiary/aromatic N) is 2. The van der Waals surface area contributed by atoms with Gasteiger partial charge in [0.1, 0.15) is 13.2 Å². The lowest BCUT2D eigenvalue weighted by Gasteiger charge is -2.34. The number of carbonyl (C=O) groups is 2. The van der Waals surface area contributed by atoms with Crippen LogP contribution in [0.25, 0.3) is 0 Å². The molecule has 1 aromatic carbocycles. The minimum atomic E-state index is -0.227. The number of rotatable bonds is 7. The van der Waals surface area contributed by atoms with E-state index in [9.17, 15) is 9.59 Å². The first kappa shape index (κ1) is 23.1. The van der Waals surface area contributed by atoms with Crippen LogP contribution in [-0.4, -0.2) is 74.2 Å². The lowest BCUT2D eigenvalue weighted by Crippen LogP contribution is -2.48. The summed E-state index contributed by atoms with van der Waals surface area (Å²) in [4.78, 5) is 25.8. The first-order valence-corrected chi connectivity index (χ1v) is 9.68. The summed E-state index contributed by atoms with van der Waals surface area (Å²) >= 11 is 0. The van der Waals surface area contributed by atoms with Crippen LogP contribution in [0, 0.1) is 6.92 Å². The summed E-state index contributed by atoms with van der Waals surface area (Å²) in [6.45, 7) is 13.5. The van der Waals surface area contributed by atoms with Gasteiger partial charge < -0.3 is 9.47 Å². The molecule has 0 bridgehead atoms. The number of hydrogen-bond acceptors (Lipinski definition) is 6. The summed E-state index contributed by atoms with van der Waals surface area (Å²) in [7, 11) is 0. The molecule has 1 fully saturated rings. The molecule has 2 rings (SSSR count). The lowest BCUT2D eigenvalue weighted by molar-refractivity contribution is -0.142. The SMILES string of the molecule is CC(=O)OCCN1CCN(CCOC(C)=O)CC1.CCc1ccccc1C. The monoisotopic (exact) mass is 378 g/mol. The van der Waals surface area contributed by atoms with Crippen molar-refractivity contribution in [3.05, 3.63) is 35.4 Å². The Labute approximate surface area is 163 Å². The van der Waals surface area contributed by atoms with E-state index in [0.717, 1.165) is 45.7 Å². The molecule has 152 valence electrons. The Kier molecular flexibility index (Phi) is 11.4. The topological polar surface area (TPSA) is 59.1 Å². The highest BCUT2D eigenvalue weighted by Crippen LogP contribution is 2.06. The minimum absolute atomic E-state index is 0.227. The number of ether oxygens (including phenoxy) is 2. The van der Waals surface area contributed by atoms with E-state index in [-0.39, 0.29) is 11.9 Å². The Bertz CT molecular complexity index is 541. The van der Waals surface area contributed by atoms with Crippen LogP contribution in [0.5, 0.6) is 0 Å². The molecule has 6 nitrogen and oxygen atoms in total. The van der Waals surface area contributed by atoms with Gasteiger partial charge >= 0.3 is 11.9 Å². The van der Waals surface area contributed by atoms with E-state index in [1.807, 2.05) is 0 Å². The van der Waals surface area contributed by atoms with Crippen LogP contribution in [0.15, 0.2) is 24.3 Å². The van der Waals surface area contributed by atoms with E-state index in [1.165, 1.54) is 25.0 Å². The van der Waals surface area contributed by atoms with Crippen LogP contribution in [0.4, 0.5) is 0 Å². The van der Waals surface area contributed by atoms with Crippen LogP contribution >= 0.6 is 0 Å². The van der Waals surface area contributed by atoms with Gasteiger partial charge in [0, 0.05) is 53.1 Å². The Balaban J connectivity index is 0.000000337. The molecule has 1 saturated heterocycles. The zero-order chi connectivity index (χ0) is 20.1. The third kappa shape index (κ3) is 10.7. The highest BCUT2D eigenvalue weighted by atomic mass is 16.5. The molecule has 1 aliphatic rings. The smallest absolute Gasteiger partial charge is 0.302 e. The zero-order valence-electron chi connectivity index (χ0n) is 17.2. The molecule has 0 aliphatic carbocycles. The second-order valence-electron chi connectivity index (χ2n) is 6.64. The molecule has 1 heterocycles. The number of carbonyl (C=O) groups excluding carboxylic acids is 2. The van der Waals surface area contributed by atoms with E-state index in [2.05, 4.69) is 47.9 Å². The quantitative estimate of drug-likeness (QED) is 0.679. The van der Waals surface area contributed by atoms with Crippen molar-refractivity contribution < 1.29 is 19.1 Å². The maximum absolute atomic E-state index is 10.6. The van der Waals surface area contributed by atoms with Crippen molar-refractivity contribution in [2.75, 3.05) is 52.5 Å². The minimum Gasteiger partial charge on any atom is -0.465 e. The molecule has 0 unspecified atom stereocenters. The molecule has 0 N–H and O–H groups in total. The maximum Gasteiger partial charge on any atom is 0.302 e. The summed E-state index contributed by atoms with van der Waals surface area (Å²) in [6, 6.07) is 8.49. The van der Waals surface area contributed by atoms with Gasteiger partial charge in [0.15, 0.2) is 0 Å². The van der Waals surface area contributed by atoms with Crippen molar-refractivity contribution in [1.29, 1.82) is 0 Å². The van der Waals surface area contributed by atoms with Crippen LogP contribution < -0.4 is 0 Å².